The Bertz CT molecular complexity index is 1380. The van der Waals surface area contributed by atoms with Crippen LogP contribution in [0.3, 0.4) is 0 Å². The number of aromatic nitrogens is 2. The smallest absolute Gasteiger partial charge is 0.410 e. The Balaban J connectivity index is 1.78. The topological polar surface area (TPSA) is 73.7 Å². The van der Waals surface area contributed by atoms with Crippen LogP contribution >= 0.6 is 0 Å². The minimum absolute atomic E-state index is 0.0173. The summed E-state index contributed by atoms with van der Waals surface area (Å²) in [7, 11) is -2.24. The van der Waals surface area contributed by atoms with Crippen molar-refractivity contribution in [3.63, 3.8) is 0 Å². The standard InChI is InChI=1S/C34H47F3N2O4Si/c1-32(2,3)44(6,7)43-25-19-33(4,5)18-24-28(25)27(21-10-14-41-15-11-21)29(30(39-24)22-12-16-42-17-13-22)31(40)23-8-9-26(38-20-23)34(35,36)37/h8-10,20,22,25,31,40H,11-19H2,1-7H3/t25?,31-/m0/s1. The number of nitrogens with zero attached hydrogens (tertiary/aromatic N) is 2. The van der Waals surface area contributed by atoms with Gasteiger partial charge in [0, 0.05) is 47.7 Å². The van der Waals surface area contributed by atoms with Gasteiger partial charge in [-0.3, -0.25) is 9.97 Å². The Labute approximate surface area is 260 Å². The zero-order valence-electron chi connectivity index (χ0n) is 27.1. The Morgan fingerprint density at radius 3 is 2.34 bits per heavy atom. The average molecular weight is 633 g/mol. The van der Waals surface area contributed by atoms with Crippen molar-refractivity contribution in [3.8, 4) is 0 Å². The van der Waals surface area contributed by atoms with Crippen LogP contribution in [-0.2, 0) is 26.5 Å². The van der Waals surface area contributed by atoms with Gasteiger partial charge in [0.05, 0.1) is 25.0 Å². The lowest BCUT2D eigenvalue weighted by Crippen LogP contribution is -2.44. The van der Waals surface area contributed by atoms with Crippen molar-refractivity contribution in [2.45, 2.75) is 109 Å². The number of fused-ring (bicyclic) bond motifs is 1. The third-order valence-electron chi connectivity index (χ3n) is 9.89. The lowest BCUT2D eigenvalue weighted by Gasteiger charge is -2.45. The van der Waals surface area contributed by atoms with Crippen LogP contribution in [0.2, 0.25) is 18.1 Å². The third-order valence-corrected chi connectivity index (χ3v) is 14.4. The monoisotopic (exact) mass is 632 g/mol. The molecule has 1 fully saturated rings. The number of pyridine rings is 2. The van der Waals surface area contributed by atoms with E-state index in [9.17, 15) is 18.3 Å². The van der Waals surface area contributed by atoms with Gasteiger partial charge in [-0.2, -0.15) is 13.2 Å². The van der Waals surface area contributed by atoms with Gasteiger partial charge in [-0.1, -0.05) is 46.8 Å². The second-order valence-electron chi connectivity index (χ2n) is 14.9. The Morgan fingerprint density at radius 1 is 1.07 bits per heavy atom. The van der Waals surface area contributed by atoms with Crippen molar-refractivity contribution in [2.75, 3.05) is 26.4 Å². The molecule has 4 heterocycles. The molecular formula is C34H47F3N2O4Si. The average Bonchev–Trinajstić information content (AvgIpc) is 2.95. The number of aliphatic hydroxyl groups is 1. The second-order valence-corrected chi connectivity index (χ2v) is 19.6. The molecule has 0 radical (unpaired) electrons. The molecule has 1 N–H and O–H groups in total. The number of aliphatic hydroxyl groups excluding tert-OH is 1. The summed E-state index contributed by atoms with van der Waals surface area (Å²) in [5, 5.41) is 12.2. The third kappa shape index (κ3) is 6.84. The van der Waals surface area contributed by atoms with Crippen LogP contribution in [0.5, 0.6) is 0 Å². The van der Waals surface area contributed by atoms with Gasteiger partial charge < -0.3 is 19.0 Å². The van der Waals surface area contributed by atoms with Gasteiger partial charge in [0.2, 0.25) is 0 Å². The largest absolute Gasteiger partial charge is 0.433 e. The summed E-state index contributed by atoms with van der Waals surface area (Å²) in [6.07, 6.45) is 0.950. The SMILES string of the molecule is CC1(C)Cc2nc(C3CCOCC3)c([C@@H](O)c3ccc(C(F)(F)F)nc3)c(C3=CCOCC3)c2C(O[Si](C)(C)C(C)(C)C)C1. The van der Waals surface area contributed by atoms with Crippen LogP contribution in [-0.4, -0.2) is 49.8 Å². The fourth-order valence-corrected chi connectivity index (χ4v) is 7.75. The maximum atomic E-state index is 13.4. The van der Waals surface area contributed by atoms with Crippen LogP contribution in [0.1, 0.15) is 118 Å². The minimum atomic E-state index is -4.57. The molecule has 0 saturated carbocycles. The molecule has 242 valence electrons. The highest BCUT2D eigenvalue weighted by atomic mass is 28.4. The molecule has 10 heteroatoms. The van der Waals surface area contributed by atoms with E-state index in [0.29, 0.717) is 44.0 Å². The number of halogens is 3. The lowest BCUT2D eigenvalue weighted by molar-refractivity contribution is -0.141. The molecular weight excluding hydrogens is 585 g/mol. The molecule has 0 aromatic carbocycles. The number of ether oxygens (including phenoxy) is 2. The van der Waals surface area contributed by atoms with E-state index < -0.39 is 26.3 Å². The normalized spacial score (nSPS) is 22.3. The Hall–Kier alpha value is -2.11. The maximum absolute atomic E-state index is 13.4. The first-order valence-electron chi connectivity index (χ1n) is 15.8. The summed E-state index contributed by atoms with van der Waals surface area (Å²) in [6, 6.07) is 2.28. The van der Waals surface area contributed by atoms with Crippen molar-refractivity contribution >= 4 is 13.9 Å². The van der Waals surface area contributed by atoms with Crippen LogP contribution in [0.4, 0.5) is 13.2 Å². The van der Waals surface area contributed by atoms with Crippen molar-refractivity contribution in [3.05, 3.63) is 63.7 Å². The molecule has 0 amide bonds. The van der Waals surface area contributed by atoms with Crippen LogP contribution in [0, 0.1) is 5.41 Å². The highest BCUT2D eigenvalue weighted by molar-refractivity contribution is 6.74. The minimum Gasteiger partial charge on any atom is -0.410 e. The molecule has 1 saturated heterocycles. The predicted molar refractivity (Wildman–Crippen MR) is 167 cm³/mol. The summed E-state index contributed by atoms with van der Waals surface area (Å²) in [6.45, 7) is 17.9. The van der Waals surface area contributed by atoms with Gasteiger partial charge in [0.25, 0.3) is 0 Å². The van der Waals surface area contributed by atoms with Gasteiger partial charge in [-0.05, 0) is 72.9 Å². The van der Waals surface area contributed by atoms with E-state index in [4.69, 9.17) is 18.9 Å². The zero-order valence-corrected chi connectivity index (χ0v) is 28.1. The molecule has 3 aliphatic rings. The highest BCUT2D eigenvalue weighted by Crippen LogP contribution is 2.52. The molecule has 0 bridgehead atoms. The Morgan fingerprint density at radius 2 is 1.77 bits per heavy atom. The van der Waals surface area contributed by atoms with Crippen molar-refractivity contribution in [1.82, 2.24) is 9.97 Å². The number of hydrogen-bond donors (Lipinski definition) is 1. The second kappa shape index (κ2) is 12.2. The molecule has 1 aliphatic carbocycles. The van der Waals surface area contributed by atoms with E-state index in [-0.39, 0.29) is 22.5 Å². The molecule has 5 rings (SSSR count). The van der Waals surface area contributed by atoms with E-state index in [2.05, 4.69) is 58.8 Å². The van der Waals surface area contributed by atoms with Gasteiger partial charge in [0.1, 0.15) is 11.8 Å². The number of hydrogen-bond acceptors (Lipinski definition) is 6. The highest BCUT2D eigenvalue weighted by Gasteiger charge is 2.45. The summed E-state index contributed by atoms with van der Waals surface area (Å²) < 4.78 is 58.8. The molecule has 2 aliphatic heterocycles. The molecule has 2 atom stereocenters. The van der Waals surface area contributed by atoms with Crippen LogP contribution in [0.15, 0.2) is 24.4 Å². The summed E-state index contributed by atoms with van der Waals surface area (Å²) in [5.41, 5.74) is 4.76. The van der Waals surface area contributed by atoms with Gasteiger partial charge in [0.15, 0.2) is 8.32 Å². The van der Waals surface area contributed by atoms with E-state index in [0.717, 1.165) is 66.0 Å². The molecule has 2 aromatic rings. The zero-order chi connectivity index (χ0) is 32.1. The summed E-state index contributed by atoms with van der Waals surface area (Å²) in [5.74, 6) is 0.0464. The van der Waals surface area contributed by atoms with Gasteiger partial charge in [-0.25, -0.2) is 0 Å². The predicted octanol–water partition coefficient (Wildman–Crippen LogP) is 8.31. The van der Waals surface area contributed by atoms with E-state index in [1.807, 2.05) is 0 Å². The summed E-state index contributed by atoms with van der Waals surface area (Å²) >= 11 is 0. The van der Waals surface area contributed by atoms with Gasteiger partial charge in [-0.15, -0.1) is 0 Å². The first-order chi connectivity index (χ1) is 20.5. The fraction of sp³-hybridized carbons (Fsp3) is 0.647. The number of rotatable bonds is 6. The Kier molecular flexibility index (Phi) is 9.25. The lowest BCUT2D eigenvalue weighted by atomic mass is 9.71. The molecule has 0 spiro atoms. The van der Waals surface area contributed by atoms with E-state index in [1.54, 1.807) is 0 Å². The number of alkyl halides is 3. The van der Waals surface area contributed by atoms with Crippen molar-refractivity contribution < 1.29 is 32.2 Å². The first-order valence-corrected chi connectivity index (χ1v) is 18.7. The van der Waals surface area contributed by atoms with E-state index in [1.165, 1.54) is 6.07 Å². The first kappa shape index (κ1) is 33.3. The van der Waals surface area contributed by atoms with E-state index >= 15 is 0 Å². The summed E-state index contributed by atoms with van der Waals surface area (Å²) in [4.78, 5) is 9.09. The molecule has 1 unspecified atom stereocenters. The quantitative estimate of drug-likeness (QED) is 0.323. The van der Waals surface area contributed by atoms with Crippen LogP contribution < -0.4 is 0 Å². The van der Waals surface area contributed by atoms with Crippen LogP contribution in [0.25, 0.3) is 5.57 Å². The maximum Gasteiger partial charge on any atom is 0.433 e. The van der Waals surface area contributed by atoms with Crippen molar-refractivity contribution in [1.29, 1.82) is 0 Å². The van der Waals surface area contributed by atoms with Gasteiger partial charge >= 0.3 is 6.18 Å². The van der Waals surface area contributed by atoms with Crippen molar-refractivity contribution in [2.24, 2.45) is 5.41 Å². The molecule has 2 aromatic heterocycles. The molecule has 44 heavy (non-hydrogen) atoms. The fourth-order valence-electron chi connectivity index (χ4n) is 6.49. The molecule has 6 nitrogen and oxygen atoms in total.